The Hall–Kier alpha value is -0.0475. The third-order valence-electron chi connectivity index (χ3n) is 3.00. The van der Waals surface area contributed by atoms with E-state index in [0.29, 0.717) is 13.0 Å². The monoisotopic (exact) mass is 212 g/mol. The van der Waals surface area contributed by atoms with Crippen LogP contribution in [0.4, 0.5) is 0 Å². The van der Waals surface area contributed by atoms with Crippen LogP contribution >= 0.6 is 0 Å². The van der Waals surface area contributed by atoms with Gasteiger partial charge in [-0.05, 0) is 0 Å². The molecule has 1 saturated heterocycles. The van der Waals surface area contributed by atoms with E-state index in [2.05, 4.69) is 5.39 Å². The second kappa shape index (κ2) is 4.21. The molecule has 14 heavy (non-hydrogen) atoms. The molecule has 2 rings (SSSR count). The molecule has 0 aromatic heterocycles. The van der Waals surface area contributed by atoms with Gasteiger partial charge in [-0.25, -0.2) is 0 Å². The zero-order valence-corrected chi connectivity index (χ0v) is 8.99. The average Bonchev–Trinajstić information content (AvgIpc) is 2.51. The number of aldehydes is 1. The fourth-order valence-corrected chi connectivity index (χ4v) is 2.77. The van der Waals surface area contributed by atoms with Gasteiger partial charge in [0.05, 0.1) is 0 Å². The fraction of sp³-hybridized carbons (Fsp3) is 0.778. The van der Waals surface area contributed by atoms with Gasteiger partial charge in [0, 0.05) is 0 Å². The van der Waals surface area contributed by atoms with Gasteiger partial charge in [0.25, 0.3) is 0 Å². The van der Waals surface area contributed by atoms with Crippen LogP contribution in [0.15, 0.2) is 0 Å². The predicted octanol–water partition coefficient (Wildman–Crippen LogP) is -0.983. The van der Waals surface area contributed by atoms with E-state index >= 15 is 0 Å². The van der Waals surface area contributed by atoms with Gasteiger partial charge >= 0.3 is 88.1 Å². The van der Waals surface area contributed by atoms with Gasteiger partial charge in [-0.3, -0.25) is 0 Å². The van der Waals surface area contributed by atoms with Crippen molar-refractivity contribution in [1.29, 1.82) is 0 Å². The van der Waals surface area contributed by atoms with Crippen LogP contribution in [0.3, 0.4) is 0 Å². The van der Waals surface area contributed by atoms with Crippen LogP contribution in [0.2, 0.25) is 0 Å². The van der Waals surface area contributed by atoms with Crippen molar-refractivity contribution in [3.05, 3.63) is 0 Å². The van der Waals surface area contributed by atoms with E-state index in [4.69, 9.17) is 9.47 Å². The Balaban J connectivity index is 2.07. The number of hydrogen-bond donors (Lipinski definition) is 1. The summed E-state index contributed by atoms with van der Waals surface area (Å²) >= 11 is -0.119. The van der Waals surface area contributed by atoms with E-state index in [1.165, 1.54) is 0 Å². The summed E-state index contributed by atoms with van der Waals surface area (Å²) in [5.74, 6) is -0.287. The summed E-state index contributed by atoms with van der Waals surface area (Å²) in [5, 5.41) is 13.2. The molecule has 1 aliphatic carbocycles. The molecule has 2 fully saturated rings. The van der Waals surface area contributed by atoms with Crippen LogP contribution < -0.4 is 0 Å². The standard InChI is InChI=1S/C8H11O4.CH2.Al/c9-2-5-6-3-11-4-12-8(6)1-7(5)10;;/h2,4-8,10H,1,3H2;1H2;/t5-,6-,7+,8-;;/m0../s1. The van der Waals surface area contributed by atoms with Gasteiger partial charge in [-0.1, -0.05) is 0 Å². The molecule has 2 aliphatic rings. The van der Waals surface area contributed by atoms with Crippen molar-refractivity contribution in [2.75, 3.05) is 6.61 Å². The molecule has 1 aliphatic heterocycles. The topological polar surface area (TPSA) is 55.8 Å². The second-order valence-corrected chi connectivity index (χ2v) is 4.81. The molecule has 1 heterocycles. The molecule has 0 aromatic rings. The summed E-state index contributed by atoms with van der Waals surface area (Å²) in [4.78, 5) is 10.7. The average molecular weight is 212 g/mol. The summed E-state index contributed by atoms with van der Waals surface area (Å²) in [5.41, 5.74) is 0. The zero-order chi connectivity index (χ0) is 10.1. The Kier molecular flexibility index (Phi) is 3.15. The SMILES string of the molecule is [CH2]=[Al][CH]1OC[C@H]2[C@H](C=O)[C@H](O)C[C@@H]2O1. The zero-order valence-electron chi connectivity index (χ0n) is 7.83. The van der Waals surface area contributed by atoms with Crippen molar-refractivity contribution >= 4 is 26.5 Å². The number of carbonyl (C=O) groups is 1. The van der Waals surface area contributed by atoms with Gasteiger partial charge in [0.1, 0.15) is 0 Å². The Morgan fingerprint density at radius 2 is 2.36 bits per heavy atom. The van der Waals surface area contributed by atoms with Gasteiger partial charge < -0.3 is 0 Å². The quantitative estimate of drug-likeness (QED) is 0.472. The van der Waals surface area contributed by atoms with Crippen LogP contribution in [0, 0.1) is 11.8 Å². The van der Waals surface area contributed by atoms with Crippen molar-refractivity contribution in [3.8, 4) is 0 Å². The fourth-order valence-electron chi connectivity index (χ4n) is 2.21. The Morgan fingerprint density at radius 1 is 1.57 bits per heavy atom. The maximum absolute atomic E-state index is 10.7. The van der Waals surface area contributed by atoms with Crippen LogP contribution in [-0.2, 0) is 14.3 Å². The maximum atomic E-state index is 10.7. The molecular weight excluding hydrogens is 199 g/mol. The third kappa shape index (κ3) is 1.71. The molecule has 0 spiro atoms. The molecular formula is C9H13AlO4. The van der Waals surface area contributed by atoms with E-state index in [1.807, 2.05) is 0 Å². The molecule has 1 N–H and O–H groups in total. The number of aliphatic hydroxyl groups is 1. The number of fused-ring (bicyclic) bond motifs is 1. The number of aliphatic hydroxyl groups excluding tert-OH is 1. The van der Waals surface area contributed by atoms with Crippen LogP contribution in [-0.4, -0.2) is 55.5 Å². The number of rotatable bonds is 2. The van der Waals surface area contributed by atoms with Crippen molar-refractivity contribution in [2.24, 2.45) is 11.8 Å². The molecule has 0 radical (unpaired) electrons. The normalized spacial score (nSPS) is 46.8. The Labute approximate surface area is 88.4 Å². The molecule has 1 unspecified atom stereocenters. The van der Waals surface area contributed by atoms with Crippen LogP contribution in [0.1, 0.15) is 6.42 Å². The Bertz CT molecular complexity index is 245. The summed E-state index contributed by atoms with van der Waals surface area (Å²) in [6.45, 7) is 0.512. The molecule has 5 atom stereocenters. The molecule has 4 nitrogen and oxygen atoms in total. The minimum absolute atomic E-state index is 0.0202. The van der Waals surface area contributed by atoms with E-state index in [0.717, 1.165) is 6.29 Å². The molecule has 1 saturated carbocycles. The Morgan fingerprint density at radius 3 is 3.00 bits per heavy atom. The first-order valence-electron chi connectivity index (χ1n) is 4.79. The minimum atomic E-state index is -0.565. The third-order valence-corrected chi connectivity index (χ3v) is 3.74. The number of ether oxygens (including phenoxy) is 2. The molecule has 0 bridgehead atoms. The van der Waals surface area contributed by atoms with E-state index < -0.39 is 6.10 Å². The molecule has 76 valence electrons. The van der Waals surface area contributed by atoms with Gasteiger partial charge in [-0.2, -0.15) is 0 Å². The van der Waals surface area contributed by atoms with Gasteiger partial charge in [0.2, 0.25) is 0 Å². The summed E-state index contributed by atoms with van der Waals surface area (Å²) < 4.78 is 11.0. The van der Waals surface area contributed by atoms with E-state index in [-0.39, 0.29) is 37.9 Å². The van der Waals surface area contributed by atoms with Crippen molar-refractivity contribution in [3.63, 3.8) is 0 Å². The van der Waals surface area contributed by atoms with Crippen LogP contribution in [0.5, 0.6) is 0 Å². The first kappa shape index (κ1) is 10.5. The summed E-state index contributed by atoms with van der Waals surface area (Å²) in [6.07, 6.45) is 0.783. The summed E-state index contributed by atoms with van der Waals surface area (Å²) in [6, 6.07) is 0. The van der Waals surface area contributed by atoms with Gasteiger partial charge in [0.15, 0.2) is 0 Å². The van der Waals surface area contributed by atoms with E-state index in [9.17, 15) is 9.90 Å². The van der Waals surface area contributed by atoms with Crippen molar-refractivity contribution < 1.29 is 19.4 Å². The number of hydrogen-bond acceptors (Lipinski definition) is 4. The first-order valence-corrected chi connectivity index (χ1v) is 6.27. The first-order chi connectivity index (χ1) is 6.76. The second-order valence-electron chi connectivity index (χ2n) is 3.79. The van der Waals surface area contributed by atoms with Crippen LogP contribution in [0.25, 0.3) is 0 Å². The number of carbonyl (C=O) groups excluding carboxylic acids is 1. The summed E-state index contributed by atoms with van der Waals surface area (Å²) in [7, 11) is 0. The van der Waals surface area contributed by atoms with Crippen molar-refractivity contribution in [1.82, 2.24) is 0 Å². The predicted molar refractivity (Wildman–Crippen MR) is 51.2 cm³/mol. The van der Waals surface area contributed by atoms with Gasteiger partial charge in [-0.15, -0.1) is 0 Å². The molecule has 0 amide bonds. The molecule has 0 aromatic carbocycles. The molecule has 5 heteroatoms. The van der Waals surface area contributed by atoms with Crippen molar-refractivity contribution in [2.45, 2.75) is 23.8 Å². The van der Waals surface area contributed by atoms with E-state index in [1.54, 1.807) is 0 Å².